The molecule has 0 aliphatic rings. The third-order valence-electron chi connectivity index (χ3n) is 2.80. The Balaban J connectivity index is 3.24. The summed E-state index contributed by atoms with van der Waals surface area (Å²) >= 11 is 6.89. The Morgan fingerprint density at radius 1 is 1.15 bits per heavy atom. The van der Waals surface area contributed by atoms with E-state index < -0.39 is 0 Å². The lowest BCUT2D eigenvalue weighted by atomic mass is 9.95. The van der Waals surface area contributed by atoms with Crippen LogP contribution in [-0.4, -0.2) is 26.9 Å². The van der Waals surface area contributed by atoms with Crippen molar-refractivity contribution in [1.82, 2.24) is 9.88 Å². The third kappa shape index (κ3) is 4.29. The van der Waals surface area contributed by atoms with Crippen molar-refractivity contribution in [2.75, 3.05) is 0 Å². The largest absolute Gasteiger partial charge is 0.328 e. The van der Waals surface area contributed by atoms with Crippen molar-refractivity contribution in [3.8, 4) is 0 Å². The Kier molecular flexibility index (Phi) is 5.41. The summed E-state index contributed by atoms with van der Waals surface area (Å²) in [4.78, 5) is 19.0. The van der Waals surface area contributed by atoms with Crippen molar-refractivity contribution < 1.29 is 4.79 Å². The number of carbonyl (C=O) groups excluding carboxylic acids is 1. The number of halogens is 2. The Hall–Kier alpha value is -0.420. The number of aromatic nitrogens is 1. The second kappa shape index (κ2) is 6.14. The Morgan fingerprint density at radius 3 is 2.05 bits per heavy atom. The zero-order valence-electron chi connectivity index (χ0n) is 12.9. The predicted octanol–water partition coefficient (Wildman–Crippen LogP) is 4.91. The highest BCUT2D eigenvalue weighted by Gasteiger charge is 2.36. The van der Waals surface area contributed by atoms with Gasteiger partial charge in [0.05, 0.1) is 3.74 Å². The van der Waals surface area contributed by atoms with E-state index in [4.69, 9.17) is 0 Å². The molecule has 112 valence electrons. The topological polar surface area (TPSA) is 33.2 Å². The summed E-state index contributed by atoms with van der Waals surface area (Å²) in [5, 5.41) is 0. The molecule has 1 heterocycles. The minimum Gasteiger partial charge on any atom is -0.328 e. The van der Waals surface area contributed by atoms with E-state index in [0.717, 1.165) is 5.56 Å². The first-order chi connectivity index (χ1) is 8.94. The molecule has 5 heteroatoms. The maximum absolute atomic E-state index is 12.8. The first-order valence-corrected chi connectivity index (χ1v) is 8.36. The molecule has 0 bridgehead atoms. The van der Waals surface area contributed by atoms with E-state index in [9.17, 15) is 4.79 Å². The molecule has 3 nitrogen and oxygen atoms in total. The number of hydrogen-bond acceptors (Lipinski definition) is 2. The number of rotatable bonds is 2. The Labute approximate surface area is 138 Å². The van der Waals surface area contributed by atoms with Gasteiger partial charge in [0, 0.05) is 17.3 Å². The average Bonchev–Trinajstić information content (AvgIpc) is 2.25. The quantitative estimate of drug-likeness (QED) is 0.655. The van der Waals surface area contributed by atoms with Gasteiger partial charge >= 0.3 is 0 Å². The standard InChI is InChI=1S/C15H22Br2N2O/c1-14(2,3)19(15(4,5)6)13(20)11-9-10(12(16)17)7-8-18-11/h7-9,12H,1-6H3. The van der Waals surface area contributed by atoms with Gasteiger partial charge in [-0.05, 0) is 59.2 Å². The van der Waals surface area contributed by atoms with Gasteiger partial charge in [-0.3, -0.25) is 9.78 Å². The van der Waals surface area contributed by atoms with Crippen LogP contribution in [0.1, 0.15) is 61.3 Å². The lowest BCUT2D eigenvalue weighted by molar-refractivity contribution is 0.0265. The summed E-state index contributed by atoms with van der Waals surface area (Å²) in [5.41, 5.74) is 0.909. The lowest BCUT2D eigenvalue weighted by Gasteiger charge is -2.45. The molecular formula is C15H22Br2N2O. The molecule has 1 rings (SSSR count). The molecule has 0 aromatic carbocycles. The molecule has 0 N–H and O–H groups in total. The van der Waals surface area contributed by atoms with Crippen molar-refractivity contribution in [1.29, 1.82) is 0 Å². The van der Waals surface area contributed by atoms with Crippen LogP contribution in [0.3, 0.4) is 0 Å². The van der Waals surface area contributed by atoms with Gasteiger partial charge in [-0.1, -0.05) is 31.9 Å². The van der Waals surface area contributed by atoms with Gasteiger partial charge in [-0.25, -0.2) is 0 Å². The number of carbonyl (C=O) groups is 1. The lowest BCUT2D eigenvalue weighted by Crippen LogP contribution is -2.55. The summed E-state index contributed by atoms with van der Waals surface area (Å²) in [6, 6.07) is 3.70. The molecule has 0 spiro atoms. The average molecular weight is 406 g/mol. The SMILES string of the molecule is CC(C)(C)N(C(=O)c1cc(C(Br)Br)ccn1)C(C)(C)C. The molecule has 0 unspecified atom stereocenters. The van der Waals surface area contributed by atoms with Crippen molar-refractivity contribution in [3.05, 3.63) is 29.6 Å². The fraction of sp³-hybridized carbons (Fsp3) is 0.600. The van der Waals surface area contributed by atoms with Gasteiger partial charge < -0.3 is 4.90 Å². The summed E-state index contributed by atoms with van der Waals surface area (Å²) in [7, 11) is 0. The van der Waals surface area contributed by atoms with E-state index in [0.29, 0.717) is 5.69 Å². The van der Waals surface area contributed by atoms with Gasteiger partial charge in [-0.2, -0.15) is 0 Å². The Morgan fingerprint density at radius 2 is 1.65 bits per heavy atom. The molecule has 0 saturated carbocycles. The van der Waals surface area contributed by atoms with E-state index in [1.54, 1.807) is 6.20 Å². The smallest absolute Gasteiger partial charge is 0.273 e. The summed E-state index contributed by atoms with van der Waals surface area (Å²) in [5.74, 6) is -0.0486. The first kappa shape index (κ1) is 17.6. The fourth-order valence-corrected chi connectivity index (χ4v) is 3.00. The molecule has 1 aromatic heterocycles. The number of alkyl halides is 2. The molecular weight excluding hydrogens is 384 g/mol. The molecule has 0 fully saturated rings. The van der Waals surface area contributed by atoms with Crippen LogP contribution < -0.4 is 0 Å². The van der Waals surface area contributed by atoms with Crippen LogP contribution in [0.2, 0.25) is 0 Å². The van der Waals surface area contributed by atoms with Gasteiger partial charge in [0.2, 0.25) is 0 Å². The van der Waals surface area contributed by atoms with Crippen LogP contribution in [0.25, 0.3) is 0 Å². The zero-order valence-corrected chi connectivity index (χ0v) is 16.0. The molecule has 0 aliphatic carbocycles. The Bertz CT molecular complexity index is 473. The van der Waals surface area contributed by atoms with Gasteiger partial charge in [0.15, 0.2) is 0 Å². The summed E-state index contributed by atoms with van der Waals surface area (Å²) in [6.07, 6.45) is 1.67. The number of amides is 1. The van der Waals surface area contributed by atoms with E-state index in [1.165, 1.54) is 0 Å². The number of hydrogen-bond donors (Lipinski definition) is 0. The molecule has 20 heavy (non-hydrogen) atoms. The van der Waals surface area contributed by atoms with Gasteiger partial charge in [-0.15, -0.1) is 0 Å². The highest BCUT2D eigenvalue weighted by Crippen LogP contribution is 2.31. The minimum atomic E-state index is -0.269. The minimum absolute atomic E-state index is 0.0160. The van der Waals surface area contributed by atoms with E-state index in [2.05, 4.69) is 36.8 Å². The zero-order chi connectivity index (χ0) is 15.7. The van der Waals surface area contributed by atoms with Gasteiger partial charge in [0.25, 0.3) is 5.91 Å². The van der Waals surface area contributed by atoms with Crippen LogP contribution in [0.15, 0.2) is 18.3 Å². The van der Waals surface area contributed by atoms with Crippen LogP contribution in [-0.2, 0) is 0 Å². The van der Waals surface area contributed by atoms with Crippen LogP contribution in [0, 0.1) is 0 Å². The molecule has 0 radical (unpaired) electrons. The van der Waals surface area contributed by atoms with Crippen molar-refractivity contribution >= 4 is 37.8 Å². The van der Waals surface area contributed by atoms with Crippen LogP contribution in [0.5, 0.6) is 0 Å². The normalized spacial score (nSPS) is 12.7. The molecule has 0 saturated heterocycles. The van der Waals surface area contributed by atoms with Crippen molar-refractivity contribution in [2.45, 2.75) is 56.4 Å². The summed E-state index contributed by atoms with van der Waals surface area (Å²) < 4.78 is 0.0160. The van der Waals surface area contributed by atoms with E-state index in [-0.39, 0.29) is 20.7 Å². The number of pyridine rings is 1. The van der Waals surface area contributed by atoms with Crippen molar-refractivity contribution in [3.63, 3.8) is 0 Å². The molecule has 1 amide bonds. The maximum atomic E-state index is 12.8. The molecule has 1 aromatic rings. The maximum Gasteiger partial charge on any atom is 0.273 e. The first-order valence-electron chi connectivity index (χ1n) is 6.53. The second-order valence-electron chi connectivity index (χ2n) is 6.76. The fourth-order valence-electron chi connectivity index (χ4n) is 2.43. The van der Waals surface area contributed by atoms with Gasteiger partial charge in [0.1, 0.15) is 5.69 Å². The van der Waals surface area contributed by atoms with Crippen LogP contribution in [0.4, 0.5) is 0 Å². The summed E-state index contributed by atoms with van der Waals surface area (Å²) in [6.45, 7) is 12.2. The van der Waals surface area contributed by atoms with Crippen molar-refractivity contribution in [2.24, 2.45) is 0 Å². The molecule has 0 aliphatic heterocycles. The third-order valence-corrected chi connectivity index (χ3v) is 3.86. The van der Waals surface area contributed by atoms with E-state index >= 15 is 0 Å². The highest BCUT2D eigenvalue weighted by molar-refractivity contribution is 9.24. The molecule has 0 atom stereocenters. The predicted molar refractivity (Wildman–Crippen MR) is 90.5 cm³/mol. The highest BCUT2D eigenvalue weighted by atomic mass is 79.9. The monoisotopic (exact) mass is 404 g/mol. The number of nitrogens with zero attached hydrogens (tertiary/aromatic N) is 2. The van der Waals surface area contributed by atoms with Crippen LogP contribution >= 0.6 is 31.9 Å². The second-order valence-corrected chi connectivity index (χ2v) is 9.82. The van der Waals surface area contributed by atoms with E-state index in [1.807, 2.05) is 58.6 Å².